The smallest absolute Gasteiger partial charge is 0.323 e. The van der Waals surface area contributed by atoms with E-state index in [9.17, 15) is 4.79 Å². The van der Waals surface area contributed by atoms with E-state index in [2.05, 4.69) is 10.3 Å². The summed E-state index contributed by atoms with van der Waals surface area (Å²) in [5.74, 6) is 1.52. The molecule has 0 atom stereocenters. The molecule has 1 heterocycles. The highest BCUT2D eigenvalue weighted by Crippen LogP contribution is 2.17. The quantitative estimate of drug-likeness (QED) is 0.891. The predicted octanol–water partition coefficient (Wildman–Crippen LogP) is 2.69. The highest BCUT2D eigenvalue weighted by atomic mass is 32.1. The monoisotopic (exact) mass is 307 g/mol. The van der Waals surface area contributed by atoms with E-state index < -0.39 is 0 Å². The molecule has 0 unspecified atom stereocenters. The van der Waals surface area contributed by atoms with Gasteiger partial charge in [0.2, 0.25) is 0 Å². The first-order chi connectivity index (χ1) is 10.2. The molecule has 0 aliphatic heterocycles. The number of nitrogens with zero attached hydrogens (tertiary/aromatic N) is 2. The Morgan fingerprint density at radius 2 is 2.05 bits per heavy atom. The van der Waals surface area contributed by atoms with Crippen molar-refractivity contribution >= 4 is 22.5 Å². The van der Waals surface area contributed by atoms with E-state index >= 15 is 0 Å². The van der Waals surface area contributed by atoms with Gasteiger partial charge in [0.25, 0.3) is 0 Å². The van der Waals surface area contributed by atoms with Crippen molar-refractivity contribution in [3.63, 3.8) is 0 Å². The first-order valence-corrected chi connectivity index (χ1v) is 7.25. The topological polar surface area (TPSA) is 63.7 Å². The van der Waals surface area contributed by atoms with E-state index in [4.69, 9.17) is 9.47 Å². The molecular weight excluding hydrogens is 290 g/mol. The second kappa shape index (κ2) is 7.49. The van der Waals surface area contributed by atoms with Gasteiger partial charge in [0.15, 0.2) is 5.13 Å². The maximum atomic E-state index is 11.8. The molecule has 1 N–H and O–H groups in total. The Labute approximate surface area is 127 Å². The summed E-state index contributed by atoms with van der Waals surface area (Å²) in [6.45, 7) is 0.886. The number of hydrogen-bond donors (Lipinski definition) is 1. The fraction of sp³-hybridized carbons (Fsp3) is 0.286. The van der Waals surface area contributed by atoms with Crippen molar-refractivity contribution in [1.29, 1.82) is 0 Å². The van der Waals surface area contributed by atoms with Crippen molar-refractivity contribution in [3.8, 4) is 11.5 Å². The van der Waals surface area contributed by atoms with Crippen LogP contribution >= 0.6 is 11.3 Å². The van der Waals surface area contributed by atoms with Crippen molar-refractivity contribution in [2.45, 2.75) is 0 Å². The normalized spacial score (nSPS) is 10.0. The first-order valence-electron chi connectivity index (χ1n) is 6.37. The second-order valence-corrected chi connectivity index (χ2v) is 5.11. The van der Waals surface area contributed by atoms with Gasteiger partial charge in [0.05, 0.1) is 13.7 Å². The number of amides is 2. The lowest BCUT2D eigenvalue weighted by molar-refractivity contribution is 0.207. The number of nitrogens with one attached hydrogen (secondary N) is 1. The van der Waals surface area contributed by atoms with Crippen LogP contribution in [0.4, 0.5) is 9.93 Å². The standard InChI is InChI=1S/C14H17N3O3S/c1-17(14(18)16-13-15-7-10-21-13)8-9-20-12-5-3-11(19-2)4-6-12/h3-7,10H,8-9H2,1-2H3,(H,15,16,18). The van der Waals surface area contributed by atoms with Gasteiger partial charge in [0.1, 0.15) is 18.1 Å². The molecule has 0 fully saturated rings. The molecule has 0 spiro atoms. The van der Waals surface area contributed by atoms with Crippen molar-refractivity contribution in [3.05, 3.63) is 35.8 Å². The number of methoxy groups -OCH3 is 1. The van der Waals surface area contributed by atoms with Gasteiger partial charge in [-0.15, -0.1) is 11.3 Å². The largest absolute Gasteiger partial charge is 0.497 e. The first kappa shape index (κ1) is 15.1. The van der Waals surface area contributed by atoms with Gasteiger partial charge in [-0.3, -0.25) is 5.32 Å². The average Bonchev–Trinajstić information content (AvgIpc) is 3.00. The fourth-order valence-corrected chi connectivity index (χ4v) is 2.06. The lowest BCUT2D eigenvalue weighted by atomic mass is 10.3. The molecule has 0 saturated heterocycles. The van der Waals surface area contributed by atoms with Crippen LogP contribution in [0.5, 0.6) is 11.5 Å². The summed E-state index contributed by atoms with van der Waals surface area (Å²) in [6, 6.07) is 7.11. The average molecular weight is 307 g/mol. The molecule has 0 aliphatic rings. The van der Waals surface area contributed by atoms with E-state index in [1.165, 1.54) is 11.3 Å². The summed E-state index contributed by atoms with van der Waals surface area (Å²) in [7, 11) is 3.33. The Balaban J connectivity index is 1.73. The number of urea groups is 1. The summed E-state index contributed by atoms with van der Waals surface area (Å²) in [5, 5.41) is 5.10. The zero-order valence-corrected chi connectivity index (χ0v) is 12.7. The van der Waals surface area contributed by atoms with Crippen molar-refractivity contribution in [1.82, 2.24) is 9.88 Å². The van der Waals surface area contributed by atoms with Gasteiger partial charge in [0, 0.05) is 18.6 Å². The third-order valence-electron chi connectivity index (χ3n) is 2.75. The number of aromatic nitrogens is 1. The molecule has 6 nitrogen and oxygen atoms in total. The van der Waals surface area contributed by atoms with Crippen LogP contribution in [0.15, 0.2) is 35.8 Å². The highest BCUT2D eigenvalue weighted by Gasteiger charge is 2.09. The van der Waals surface area contributed by atoms with Gasteiger partial charge in [-0.2, -0.15) is 0 Å². The third-order valence-corrected chi connectivity index (χ3v) is 3.44. The molecular formula is C14H17N3O3S. The van der Waals surface area contributed by atoms with Gasteiger partial charge in [-0.25, -0.2) is 9.78 Å². The lowest BCUT2D eigenvalue weighted by Gasteiger charge is -2.17. The summed E-state index contributed by atoms with van der Waals surface area (Å²) < 4.78 is 10.6. The van der Waals surface area contributed by atoms with Crippen LogP contribution in [-0.2, 0) is 0 Å². The molecule has 21 heavy (non-hydrogen) atoms. The Morgan fingerprint density at radius 1 is 1.33 bits per heavy atom. The van der Waals surface area contributed by atoms with Crippen LogP contribution in [0.3, 0.4) is 0 Å². The van der Waals surface area contributed by atoms with E-state index in [1.807, 2.05) is 29.6 Å². The Kier molecular flexibility index (Phi) is 5.39. The minimum absolute atomic E-state index is 0.205. The van der Waals surface area contributed by atoms with Crippen LogP contribution in [-0.4, -0.2) is 43.2 Å². The van der Waals surface area contributed by atoms with Crippen LogP contribution in [0.2, 0.25) is 0 Å². The maximum absolute atomic E-state index is 11.8. The maximum Gasteiger partial charge on any atom is 0.323 e. The Hall–Kier alpha value is -2.28. The van der Waals surface area contributed by atoms with Crippen LogP contribution in [0.25, 0.3) is 0 Å². The summed E-state index contributed by atoms with van der Waals surface area (Å²) in [6.07, 6.45) is 1.65. The Bertz CT molecular complexity index is 557. The van der Waals surface area contributed by atoms with Gasteiger partial charge < -0.3 is 14.4 Å². The molecule has 0 bridgehead atoms. The van der Waals surface area contributed by atoms with Crippen LogP contribution < -0.4 is 14.8 Å². The minimum atomic E-state index is -0.205. The zero-order chi connectivity index (χ0) is 15.1. The lowest BCUT2D eigenvalue weighted by Crippen LogP contribution is -2.34. The number of carbonyl (C=O) groups is 1. The molecule has 112 valence electrons. The van der Waals surface area contributed by atoms with Crippen molar-refractivity contribution < 1.29 is 14.3 Å². The number of thiazole rings is 1. The summed E-state index contributed by atoms with van der Waals surface area (Å²) in [5.41, 5.74) is 0. The molecule has 0 saturated carbocycles. The molecule has 1 aromatic carbocycles. The number of anilines is 1. The highest BCUT2D eigenvalue weighted by molar-refractivity contribution is 7.13. The molecule has 1 aromatic heterocycles. The number of ether oxygens (including phenoxy) is 2. The van der Waals surface area contributed by atoms with Crippen molar-refractivity contribution in [2.24, 2.45) is 0 Å². The molecule has 0 radical (unpaired) electrons. The molecule has 2 rings (SSSR count). The van der Waals surface area contributed by atoms with Gasteiger partial charge in [-0.1, -0.05) is 0 Å². The number of carbonyl (C=O) groups excluding carboxylic acids is 1. The minimum Gasteiger partial charge on any atom is -0.497 e. The van der Waals surface area contributed by atoms with Gasteiger partial charge in [-0.05, 0) is 24.3 Å². The van der Waals surface area contributed by atoms with E-state index in [1.54, 1.807) is 25.3 Å². The SMILES string of the molecule is COc1ccc(OCCN(C)C(=O)Nc2nccs2)cc1. The second-order valence-electron chi connectivity index (χ2n) is 4.21. The van der Waals surface area contributed by atoms with Crippen molar-refractivity contribution in [2.75, 3.05) is 32.6 Å². The number of benzene rings is 1. The molecule has 2 aromatic rings. The summed E-state index contributed by atoms with van der Waals surface area (Å²) >= 11 is 1.38. The van der Waals surface area contributed by atoms with Crippen LogP contribution in [0.1, 0.15) is 0 Å². The van der Waals surface area contributed by atoms with E-state index in [-0.39, 0.29) is 6.03 Å². The van der Waals surface area contributed by atoms with E-state index in [0.717, 1.165) is 11.5 Å². The fourth-order valence-electron chi connectivity index (χ4n) is 1.55. The third kappa shape index (κ3) is 4.64. The Morgan fingerprint density at radius 3 is 2.67 bits per heavy atom. The predicted molar refractivity (Wildman–Crippen MR) is 82.3 cm³/mol. The number of hydrogen-bond acceptors (Lipinski definition) is 5. The number of rotatable bonds is 6. The molecule has 7 heteroatoms. The molecule has 2 amide bonds. The zero-order valence-electron chi connectivity index (χ0n) is 11.9. The number of likely N-dealkylation sites (N-methyl/N-ethyl adjacent to an activating group) is 1. The summed E-state index contributed by atoms with van der Waals surface area (Å²) in [4.78, 5) is 17.4. The molecule has 0 aliphatic carbocycles. The van der Waals surface area contributed by atoms with Crippen LogP contribution in [0, 0.1) is 0 Å². The van der Waals surface area contributed by atoms with E-state index in [0.29, 0.717) is 18.3 Å². The van der Waals surface area contributed by atoms with Gasteiger partial charge >= 0.3 is 6.03 Å².